The quantitative estimate of drug-likeness (QED) is 0.682. The Labute approximate surface area is 160 Å². The van der Waals surface area contributed by atoms with E-state index in [1.165, 1.54) is 0 Å². The van der Waals surface area contributed by atoms with E-state index in [0.29, 0.717) is 43.5 Å². The van der Waals surface area contributed by atoms with Crippen molar-refractivity contribution in [3.8, 4) is 11.6 Å². The molecule has 1 amide bonds. The molecule has 1 aliphatic heterocycles. The summed E-state index contributed by atoms with van der Waals surface area (Å²) in [7, 11) is 0. The van der Waals surface area contributed by atoms with Gasteiger partial charge in [-0.25, -0.2) is 9.89 Å². The summed E-state index contributed by atoms with van der Waals surface area (Å²) in [6, 6.07) is 3.50. The van der Waals surface area contributed by atoms with E-state index in [4.69, 9.17) is 8.94 Å². The molecular formula is C18H22N6O4. The van der Waals surface area contributed by atoms with Crippen molar-refractivity contribution in [3.05, 3.63) is 40.6 Å². The molecule has 1 aliphatic rings. The highest BCUT2D eigenvalue weighted by molar-refractivity contribution is 5.76. The van der Waals surface area contributed by atoms with Crippen molar-refractivity contribution < 1.29 is 13.7 Å². The number of aromatic amines is 1. The topological polar surface area (TPSA) is 123 Å². The maximum atomic E-state index is 12.7. The molecule has 0 radical (unpaired) electrons. The predicted octanol–water partition coefficient (Wildman–Crippen LogP) is 1.57. The molecule has 28 heavy (non-hydrogen) atoms. The van der Waals surface area contributed by atoms with E-state index in [0.717, 1.165) is 18.7 Å². The van der Waals surface area contributed by atoms with Gasteiger partial charge in [0.25, 0.3) is 0 Å². The van der Waals surface area contributed by atoms with Crippen molar-refractivity contribution in [2.45, 2.75) is 45.1 Å². The van der Waals surface area contributed by atoms with Crippen molar-refractivity contribution in [3.63, 3.8) is 0 Å². The van der Waals surface area contributed by atoms with Gasteiger partial charge >= 0.3 is 5.69 Å². The minimum atomic E-state index is -0.204. The number of aromatic nitrogens is 5. The maximum Gasteiger partial charge on any atom is 0.343 e. The number of rotatable bonds is 6. The fraction of sp³-hybridized carbons (Fsp3) is 0.500. The average Bonchev–Trinajstić information content (AvgIpc) is 3.46. The van der Waals surface area contributed by atoms with Gasteiger partial charge in [0, 0.05) is 38.4 Å². The first-order valence-corrected chi connectivity index (χ1v) is 9.45. The van der Waals surface area contributed by atoms with E-state index in [1.807, 2.05) is 11.8 Å². The van der Waals surface area contributed by atoms with Gasteiger partial charge in [0.2, 0.25) is 17.6 Å². The number of likely N-dealkylation sites (tertiary alicyclic amines) is 1. The minimum Gasteiger partial charge on any atom is -0.461 e. The fourth-order valence-electron chi connectivity index (χ4n) is 3.60. The third-order valence-electron chi connectivity index (χ3n) is 5.01. The van der Waals surface area contributed by atoms with Crippen molar-refractivity contribution in [2.24, 2.45) is 0 Å². The Bertz CT molecular complexity index is 986. The van der Waals surface area contributed by atoms with Crippen molar-refractivity contribution in [1.29, 1.82) is 0 Å². The van der Waals surface area contributed by atoms with Gasteiger partial charge < -0.3 is 13.8 Å². The summed E-state index contributed by atoms with van der Waals surface area (Å²) in [6.45, 7) is 3.74. The molecule has 4 rings (SSSR count). The molecule has 0 aromatic carbocycles. The number of carbonyl (C=O) groups excluding carboxylic acids is 1. The summed E-state index contributed by atoms with van der Waals surface area (Å²) in [6.07, 6.45) is 3.98. The molecule has 3 aromatic rings. The number of piperidine rings is 1. The number of hydrogen-bond acceptors (Lipinski definition) is 7. The van der Waals surface area contributed by atoms with E-state index in [1.54, 1.807) is 23.0 Å². The van der Waals surface area contributed by atoms with Crippen LogP contribution < -0.4 is 5.69 Å². The standard InChI is InChI=1S/C18H22N6O4/c1-2-24-17(20-21-18(24)26)12-5-3-9-23(11-12)15(25)8-7-14-19-16(22-28-14)13-6-4-10-27-13/h4,6,10,12H,2-3,5,7-9,11H2,1H3,(H,21,26)/t12-/m1/s1. The SMILES string of the molecule is CCn1c([C@@H]2CCCN(C(=O)CCc3nc(-c4ccco4)no3)C2)n[nH]c1=O. The number of aryl methyl sites for hydroxylation is 1. The first-order valence-electron chi connectivity index (χ1n) is 9.45. The van der Waals surface area contributed by atoms with Crippen LogP contribution in [-0.4, -0.2) is 48.8 Å². The van der Waals surface area contributed by atoms with Crippen molar-refractivity contribution in [1.82, 2.24) is 29.8 Å². The van der Waals surface area contributed by atoms with E-state index in [2.05, 4.69) is 20.3 Å². The van der Waals surface area contributed by atoms with Gasteiger partial charge in [-0.05, 0) is 31.9 Å². The van der Waals surface area contributed by atoms with Gasteiger partial charge in [-0.1, -0.05) is 5.16 Å². The lowest BCUT2D eigenvalue weighted by Crippen LogP contribution is -2.40. The number of furan rings is 1. The zero-order chi connectivity index (χ0) is 19.5. The Morgan fingerprint density at radius 2 is 2.32 bits per heavy atom. The maximum absolute atomic E-state index is 12.7. The zero-order valence-corrected chi connectivity index (χ0v) is 15.6. The Kier molecular flexibility index (Phi) is 5.09. The molecule has 10 nitrogen and oxygen atoms in total. The van der Waals surface area contributed by atoms with Crippen LogP contribution >= 0.6 is 0 Å². The van der Waals surface area contributed by atoms with E-state index in [-0.39, 0.29) is 23.9 Å². The molecule has 1 fully saturated rings. The number of H-pyrrole nitrogens is 1. The second-order valence-electron chi connectivity index (χ2n) is 6.80. The normalized spacial score (nSPS) is 17.2. The van der Waals surface area contributed by atoms with Crippen molar-refractivity contribution in [2.75, 3.05) is 13.1 Å². The molecule has 4 heterocycles. The summed E-state index contributed by atoms with van der Waals surface area (Å²) in [5, 5.41) is 10.6. The lowest BCUT2D eigenvalue weighted by molar-refractivity contribution is -0.132. The summed E-state index contributed by atoms with van der Waals surface area (Å²) < 4.78 is 12.1. The summed E-state index contributed by atoms with van der Waals surface area (Å²) in [5.74, 6) is 2.13. The Morgan fingerprint density at radius 3 is 3.11 bits per heavy atom. The summed E-state index contributed by atoms with van der Waals surface area (Å²) in [4.78, 5) is 30.6. The smallest absolute Gasteiger partial charge is 0.343 e. The Balaban J connectivity index is 1.36. The van der Waals surface area contributed by atoms with Crippen LogP contribution in [0.4, 0.5) is 0 Å². The van der Waals surface area contributed by atoms with Crippen molar-refractivity contribution >= 4 is 5.91 Å². The molecule has 0 spiro atoms. The van der Waals surface area contributed by atoms with Crippen LogP contribution in [-0.2, 0) is 17.8 Å². The average molecular weight is 386 g/mol. The first-order chi connectivity index (χ1) is 13.7. The molecule has 0 aliphatic carbocycles. The molecule has 1 atom stereocenters. The van der Waals surface area contributed by atoms with Crippen LogP contribution in [0.25, 0.3) is 11.6 Å². The third kappa shape index (κ3) is 3.62. The molecular weight excluding hydrogens is 364 g/mol. The highest BCUT2D eigenvalue weighted by Crippen LogP contribution is 2.25. The van der Waals surface area contributed by atoms with E-state index in [9.17, 15) is 9.59 Å². The highest BCUT2D eigenvalue weighted by atomic mass is 16.5. The molecule has 0 bridgehead atoms. The van der Waals surface area contributed by atoms with Crippen LogP contribution in [0, 0.1) is 0 Å². The van der Waals surface area contributed by atoms with Gasteiger partial charge in [0.05, 0.1) is 6.26 Å². The lowest BCUT2D eigenvalue weighted by atomic mass is 9.96. The summed E-state index contributed by atoms with van der Waals surface area (Å²) in [5.41, 5.74) is -0.204. The third-order valence-corrected chi connectivity index (χ3v) is 5.01. The highest BCUT2D eigenvalue weighted by Gasteiger charge is 2.28. The summed E-state index contributed by atoms with van der Waals surface area (Å²) >= 11 is 0. The van der Waals surface area contributed by atoms with Crippen LogP contribution in [0.2, 0.25) is 0 Å². The molecule has 0 unspecified atom stereocenters. The largest absolute Gasteiger partial charge is 0.461 e. The second-order valence-corrected chi connectivity index (χ2v) is 6.80. The van der Waals surface area contributed by atoms with E-state index < -0.39 is 0 Å². The van der Waals surface area contributed by atoms with Gasteiger partial charge in [0.1, 0.15) is 5.82 Å². The predicted molar refractivity (Wildman–Crippen MR) is 97.4 cm³/mol. The number of amides is 1. The monoisotopic (exact) mass is 386 g/mol. The fourth-order valence-corrected chi connectivity index (χ4v) is 3.60. The number of carbonyl (C=O) groups is 1. The number of nitrogens with one attached hydrogen (secondary N) is 1. The Hall–Kier alpha value is -3.17. The van der Waals surface area contributed by atoms with Crippen LogP contribution in [0.15, 0.2) is 32.1 Å². The number of hydrogen-bond donors (Lipinski definition) is 1. The van der Waals surface area contributed by atoms with Gasteiger partial charge in [-0.3, -0.25) is 9.36 Å². The molecule has 0 saturated carbocycles. The second kappa shape index (κ2) is 7.83. The van der Waals surface area contributed by atoms with Gasteiger partial charge in [-0.15, -0.1) is 0 Å². The van der Waals surface area contributed by atoms with Gasteiger partial charge in [0.15, 0.2) is 5.76 Å². The molecule has 1 saturated heterocycles. The first kappa shape index (κ1) is 18.2. The van der Waals surface area contributed by atoms with Crippen LogP contribution in [0.5, 0.6) is 0 Å². The molecule has 10 heteroatoms. The zero-order valence-electron chi connectivity index (χ0n) is 15.6. The lowest BCUT2D eigenvalue weighted by Gasteiger charge is -2.32. The van der Waals surface area contributed by atoms with Crippen LogP contribution in [0.3, 0.4) is 0 Å². The Morgan fingerprint density at radius 1 is 1.43 bits per heavy atom. The minimum absolute atomic E-state index is 0.0309. The van der Waals surface area contributed by atoms with E-state index >= 15 is 0 Å². The molecule has 3 aromatic heterocycles. The van der Waals surface area contributed by atoms with Crippen LogP contribution in [0.1, 0.15) is 43.8 Å². The molecule has 1 N–H and O–H groups in total. The van der Waals surface area contributed by atoms with Gasteiger partial charge in [-0.2, -0.15) is 10.1 Å². The molecule has 148 valence electrons. The number of nitrogens with zero attached hydrogens (tertiary/aromatic N) is 5.